The molecule has 1 fully saturated rings. The van der Waals surface area contributed by atoms with Crippen LogP contribution in [0.2, 0.25) is 0 Å². The zero-order chi connectivity index (χ0) is 21.8. The average Bonchev–Trinajstić information content (AvgIpc) is 3.27. The van der Waals surface area contributed by atoms with E-state index in [0.29, 0.717) is 5.69 Å². The van der Waals surface area contributed by atoms with Gasteiger partial charge < -0.3 is 10.3 Å². The van der Waals surface area contributed by atoms with E-state index in [1.165, 1.54) is 16.5 Å². The first-order valence-electron chi connectivity index (χ1n) is 10.3. The summed E-state index contributed by atoms with van der Waals surface area (Å²) < 4.78 is 43.0. The summed E-state index contributed by atoms with van der Waals surface area (Å²) in [6.07, 6.45) is -0.853. The first-order chi connectivity index (χ1) is 14.8. The lowest BCUT2D eigenvalue weighted by molar-refractivity contribution is -0.136. The van der Waals surface area contributed by atoms with E-state index in [1.54, 1.807) is 0 Å². The van der Waals surface area contributed by atoms with Gasteiger partial charge >= 0.3 is 6.18 Å². The van der Waals surface area contributed by atoms with E-state index in [0.717, 1.165) is 38.5 Å². The maximum absolute atomic E-state index is 13.6. The Hall–Kier alpha value is -3.07. The molecule has 9 heteroatoms. The van der Waals surface area contributed by atoms with E-state index < -0.39 is 11.7 Å². The van der Waals surface area contributed by atoms with Crippen molar-refractivity contribution in [1.29, 1.82) is 0 Å². The standard InChI is InChI=1S/C22H23F3N6/c1-30-11-14(15-4-2-3-5-18(15)30)12-31-8-6-13(7-9-31)17-10-16(22(23,24)25)19-20(26)28-29-21(19)27-17/h2-5,10-11,13H,6-9,12H2,1H3,(H3,26,27,28,29). The smallest absolute Gasteiger partial charge is 0.383 e. The van der Waals surface area contributed by atoms with E-state index in [4.69, 9.17) is 5.73 Å². The van der Waals surface area contributed by atoms with Crippen LogP contribution < -0.4 is 5.73 Å². The van der Waals surface area contributed by atoms with Crippen LogP contribution in [0.5, 0.6) is 0 Å². The number of nitrogen functional groups attached to an aromatic ring is 1. The van der Waals surface area contributed by atoms with Crippen LogP contribution in [-0.2, 0) is 19.8 Å². The number of pyridine rings is 1. The highest BCUT2D eigenvalue weighted by atomic mass is 19.4. The molecule has 162 valence electrons. The molecule has 0 aliphatic carbocycles. The molecule has 4 aromatic rings. The van der Waals surface area contributed by atoms with Crippen molar-refractivity contribution in [2.75, 3.05) is 18.8 Å². The highest BCUT2D eigenvalue weighted by Gasteiger charge is 2.36. The fraction of sp³-hybridized carbons (Fsp3) is 0.364. The van der Waals surface area contributed by atoms with Gasteiger partial charge in [0, 0.05) is 42.3 Å². The molecule has 1 saturated heterocycles. The highest BCUT2D eigenvalue weighted by Crippen LogP contribution is 2.39. The topological polar surface area (TPSA) is 75.8 Å². The first-order valence-corrected chi connectivity index (χ1v) is 10.3. The molecule has 5 rings (SSSR count). The third kappa shape index (κ3) is 3.52. The number of hydrogen-bond donors (Lipinski definition) is 2. The highest BCUT2D eigenvalue weighted by molar-refractivity contribution is 5.89. The number of benzene rings is 1. The van der Waals surface area contributed by atoms with Crippen molar-refractivity contribution in [3.63, 3.8) is 0 Å². The Balaban J connectivity index is 1.35. The van der Waals surface area contributed by atoms with Gasteiger partial charge in [-0.15, -0.1) is 0 Å². The number of anilines is 1. The molecular weight excluding hydrogens is 405 g/mol. The van der Waals surface area contributed by atoms with Crippen LogP contribution in [0.1, 0.15) is 35.6 Å². The largest absolute Gasteiger partial charge is 0.417 e. The molecule has 3 N–H and O–H groups in total. The number of hydrogen-bond acceptors (Lipinski definition) is 4. The number of aromatic nitrogens is 4. The number of likely N-dealkylation sites (tertiary alicyclic amines) is 1. The summed E-state index contributed by atoms with van der Waals surface area (Å²) >= 11 is 0. The van der Waals surface area contributed by atoms with Gasteiger partial charge in [0.2, 0.25) is 0 Å². The fourth-order valence-corrected chi connectivity index (χ4v) is 4.68. The maximum Gasteiger partial charge on any atom is 0.417 e. The summed E-state index contributed by atoms with van der Waals surface area (Å²) in [5, 5.41) is 7.39. The number of piperidine rings is 1. The number of para-hydroxylation sites is 1. The van der Waals surface area contributed by atoms with Crippen LogP contribution >= 0.6 is 0 Å². The van der Waals surface area contributed by atoms with E-state index >= 15 is 0 Å². The average molecular weight is 428 g/mol. The van der Waals surface area contributed by atoms with Gasteiger partial charge in [0.1, 0.15) is 5.82 Å². The van der Waals surface area contributed by atoms with E-state index in [9.17, 15) is 13.2 Å². The Labute approximate surface area is 176 Å². The molecule has 0 saturated carbocycles. The lowest BCUT2D eigenvalue weighted by atomic mass is 9.91. The maximum atomic E-state index is 13.6. The molecular formula is C22H23F3N6. The Bertz CT molecular complexity index is 1250. The van der Waals surface area contributed by atoms with Gasteiger partial charge in [-0.1, -0.05) is 18.2 Å². The van der Waals surface area contributed by atoms with Gasteiger partial charge in [0.25, 0.3) is 0 Å². The number of aryl methyl sites for hydroxylation is 1. The van der Waals surface area contributed by atoms with Gasteiger partial charge in [-0.2, -0.15) is 18.3 Å². The summed E-state index contributed by atoms with van der Waals surface area (Å²) in [6.45, 7) is 2.43. The second-order valence-electron chi connectivity index (χ2n) is 8.26. The van der Waals surface area contributed by atoms with Gasteiger partial charge in [-0.05, 0) is 43.6 Å². The lowest BCUT2D eigenvalue weighted by Crippen LogP contribution is -2.32. The lowest BCUT2D eigenvalue weighted by Gasteiger charge is -2.31. The minimum absolute atomic E-state index is 0.0282. The molecule has 4 heterocycles. The molecule has 1 aromatic carbocycles. The molecule has 0 spiro atoms. The molecule has 0 radical (unpaired) electrons. The van der Waals surface area contributed by atoms with Crippen LogP contribution in [-0.4, -0.2) is 37.7 Å². The SMILES string of the molecule is Cn1cc(CN2CCC(c3cc(C(F)(F)F)c4c(N)[nH]nc4n3)CC2)c2ccccc21. The number of H-pyrrole nitrogens is 1. The van der Waals surface area contributed by atoms with Gasteiger partial charge in [-0.3, -0.25) is 10.00 Å². The van der Waals surface area contributed by atoms with Crippen molar-refractivity contribution in [3.8, 4) is 0 Å². The first kappa shape index (κ1) is 19.9. The summed E-state index contributed by atoms with van der Waals surface area (Å²) in [5.41, 5.74) is 7.83. The number of nitrogens with zero attached hydrogens (tertiary/aromatic N) is 4. The molecule has 0 bridgehead atoms. The number of nitrogens with two attached hydrogens (primary N) is 1. The molecule has 1 aliphatic rings. The predicted octanol–water partition coefficient (Wildman–Crippen LogP) is 4.43. The summed E-state index contributed by atoms with van der Waals surface area (Å²) in [7, 11) is 2.04. The third-order valence-corrected chi connectivity index (χ3v) is 6.26. The molecule has 0 amide bonds. The van der Waals surface area contributed by atoms with Crippen LogP contribution in [0.15, 0.2) is 36.5 Å². The number of halogens is 3. The van der Waals surface area contributed by atoms with Crippen molar-refractivity contribution in [2.24, 2.45) is 7.05 Å². The summed E-state index contributed by atoms with van der Waals surface area (Å²) in [4.78, 5) is 6.76. The van der Waals surface area contributed by atoms with Gasteiger partial charge in [0.15, 0.2) is 5.65 Å². The molecule has 3 aromatic heterocycles. The summed E-state index contributed by atoms with van der Waals surface area (Å²) in [5.74, 6) is -0.140. The molecule has 1 aliphatic heterocycles. The van der Waals surface area contributed by atoms with Crippen molar-refractivity contribution in [2.45, 2.75) is 31.5 Å². The third-order valence-electron chi connectivity index (χ3n) is 6.26. The minimum atomic E-state index is -4.51. The van der Waals surface area contributed by atoms with Crippen molar-refractivity contribution in [3.05, 3.63) is 53.3 Å². The fourth-order valence-electron chi connectivity index (χ4n) is 4.68. The molecule has 31 heavy (non-hydrogen) atoms. The van der Waals surface area contributed by atoms with E-state index in [2.05, 4.69) is 43.0 Å². The van der Waals surface area contributed by atoms with Crippen LogP contribution in [0, 0.1) is 0 Å². The quantitative estimate of drug-likeness (QED) is 0.506. The number of rotatable bonds is 3. The minimum Gasteiger partial charge on any atom is -0.383 e. The van der Waals surface area contributed by atoms with Crippen LogP contribution in [0.4, 0.5) is 19.0 Å². The zero-order valence-electron chi connectivity index (χ0n) is 17.1. The monoisotopic (exact) mass is 428 g/mol. The van der Waals surface area contributed by atoms with E-state index in [1.807, 2.05) is 19.2 Å². The Morgan fingerprint density at radius 3 is 2.68 bits per heavy atom. The van der Waals surface area contributed by atoms with Gasteiger partial charge in [-0.25, -0.2) is 4.98 Å². The van der Waals surface area contributed by atoms with Crippen molar-refractivity contribution in [1.82, 2.24) is 24.6 Å². The zero-order valence-corrected chi connectivity index (χ0v) is 17.1. The van der Waals surface area contributed by atoms with Crippen LogP contribution in [0.3, 0.4) is 0 Å². The second-order valence-corrected chi connectivity index (χ2v) is 8.26. The van der Waals surface area contributed by atoms with Crippen molar-refractivity contribution < 1.29 is 13.2 Å². The molecule has 0 unspecified atom stereocenters. The molecule has 6 nitrogen and oxygen atoms in total. The predicted molar refractivity (Wildman–Crippen MR) is 113 cm³/mol. The Morgan fingerprint density at radius 2 is 1.94 bits per heavy atom. The Morgan fingerprint density at radius 1 is 1.19 bits per heavy atom. The van der Waals surface area contributed by atoms with Crippen LogP contribution in [0.25, 0.3) is 21.9 Å². The number of nitrogens with one attached hydrogen (secondary N) is 1. The number of fused-ring (bicyclic) bond motifs is 2. The second kappa shape index (κ2) is 7.26. The van der Waals surface area contributed by atoms with Gasteiger partial charge in [0.05, 0.1) is 10.9 Å². The normalized spacial score (nSPS) is 16.5. The number of aromatic amines is 1. The molecule has 0 atom stereocenters. The Kier molecular flexibility index (Phi) is 4.65. The number of alkyl halides is 3. The summed E-state index contributed by atoms with van der Waals surface area (Å²) in [6, 6.07) is 9.46. The van der Waals surface area contributed by atoms with Crippen molar-refractivity contribution >= 4 is 27.8 Å². The van der Waals surface area contributed by atoms with E-state index in [-0.39, 0.29) is 22.8 Å².